The molecule has 0 aliphatic carbocycles. The highest BCUT2D eigenvalue weighted by atomic mass is 79.9. The fraction of sp³-hybridized carbons (Fsp3) is 0.0833. The van der Waals surface area contributed by atoms with Crippen LogP contribution in [-0.2, 0) is 0 Å². The van der Waals surface area contributed by atoms with E-state index in [2.05, 4.69) is 31.2 Å². The van der Waals surface area contributed by atoms with Crippen LogP contribution in [-0.4, -0.2) is 15.9 Å². The maximum absolute atomic E-state index is 11.9. The summed E-state index contributed by atoms with van der Waals surface area (Å²) in [6.45, 7) is 1.84. The SMILES string of the molecule is Cc1nc(Br)ccc1NC(=O)c1cccnc1. The largest absolute Gasteiger partial charge is 0.320 e. The van der Waals surface area contributed by atoms with Gasteiger partial charge in [-0.1, -0.05) is 0 Å². The highest BCUT2D eigenvalue weighted by Crippen LogP contribution is 2.16. The van der Waals surface area contributed by atoms with Gasteiger partial charge in [0.2, 0.25) is 0 Å². The number of hydrogen-bond acceptors (Lipinski definition) is 3. The minimum atomic E-state index is -0.190. The molecule has 17 heavy (non-hydrogen) atoms. The van der Waals surface area contributed by atoms with E-state index in [9.17, 15) is 4.79 Å². The Hall–Kier alpha value is -1.75. The Labute approximate surface area is 107 Å². The molecule has 0 aliphatic rings. The molecule has 0 bridgehead atoms. The summed E-state index contributed by atoms with van der Waals surface area (Å²) in [7, 11) is 0. The van der Waals surface area contributed by atoms with Crippen molar-refractivity contribution in [1.82, 2.24) is 9.97 Å². The van der Waals surface area contributed by atoms with E-state index in [1.54, 1.807) is 30.5 Å². The van der Waals surface area contributed by atoms with Gasteiger partial charge >= 0.3 is 0 Å². The Morgan fingerprint density at radius 1 is 1.35 bits per heavy atom. The lowest BCUT2D eigenvalue weighted by Crippen LogP contribution is -2.13. The molecule has 0 aromatic carbocycles. The molecule has 5 heteroatoms. The number of nitrogens with one attached hydrogen (secondary N) is 1. The van der Waals surface area contributed by atoms with Gasteiger partial charge in [-0.2, -0.15) is 0 Å². The van der Waals surface area contributed by atoms with Gasteiger partial charge in [0.1, 0.15) is 4.60 Å². The molecule has 1 N–H and O–H groups in total. The van der Waals surface area contributed by atoms with E-state index in [0.717, 1.165) is 10.3 Å². The first-order valence-electron chi connectivity index (χ1n) is 5.01. The molecule has 0 unspecified atom stereocenters. The predicted octanol–water partition coefficient (Wildman–Crippen LogP) is 2.80. The summed E-state index contributed by atoms with van der Waals surface area (Å²) in [6, 6.07) is 7.03. The highest BCUT2D eigenvalue weighted by Gasteiger charge is 2.08. The molecule has 4 nitrogen and oxygen atoms in total. The van der Waals surface area contributed by atoms with Crippen LogP contribution in [0, 0.1) is 6.92 Å². The molecule has 0 saturated heterocycles. The Morgan fingerprint density at radius 3 is 2.82 bits per heavy atom. The summed E-state index contributed by atoms with van der Waals surface area (Å²) >= 11 is 3.27. The zero-order valence-corrected chi connectivity index (χ0v) is 10.7. The molecule has 0 atom stereocenters. The quantitative estimate of drug-likeness (QED) is 0.866. The molecule has 0 saturated carbocycles. The van der Waals surface area contributed by atoms with Crippen LogP contribution in [0.25, 0.3) is 0 Å². The minimum Gasteiger partial charge on any atom is -0.320 e. The van der Waals surface area contributed by atoms with Crippen molar-refractivity contribution in [3.05, 3.63) is 52.5 Å². The van der Waals surface area contributed by atoms with Crippen LogP contribution in [0.3, 0.4) is 0 Å². The van der Waals surface area contributed by atoms with Gasteiger partial charge in [-0.3, -0.25) is 9.78 Å². The lowest BCUT2D eigenvalue weighted by Gasteiger charge is -2.07. The average molecular weight is 292 g/mol. The lowest BCUT2D eigenvalue weighted by atomic mass is 10.2. The smallest absolute Gasteiger partial charge is 0.257 e. The summed E-state index contributed by atoms with van der Waals surface area (Å²) in [5, 5.41) is 2.79. The molecule has 2 aromatic heterocycles. The molecular weight excluding hydrogens is 282 g/mol. The van der Waals surface area contributed by atoms with Gasteiger partial charge in [0.05, 0.1) is 16.9 Å². The van der Waals surface area contributed by atoms with Gasteiger partial charge in [0.25, 0.3) is 5.91 Å². The highest BCUT2D eigenvalue weighted by molar-refractivity contribution is 9.10. The normalized spacial score (nSPS) is 10.0. The van der Waals surface area contributed by atoms with E-state index in [1.807, 2.05) is 6.92 Å². The molecule has 86 valence electrons. The standard InChI is InChI=1S/C12H10BrN3O/c1-8-10(4-5-11(13)15-8)16-12(17)9-3-2-6-14-7-9/h2-7H,1H3,(H,16,17). The molecule has 0 spiro atoms. The first-order chi connectivity index (χ1) is 8.16. The summed E-state index contributed by atoms with van der Waals surface area (Å²) in [5.74, 6) is -0.190. The lowest BCUT2D eigenvalue weighted by molar-refractivity contribution is 0.102. The summed E-state index contributed by atoms with van der Waals surface area (Å²) in [6.07, 6.45) is 3.15. The Bertz CT molecular complexity index is 543. The van der Waals surface area contributed by atoms with E-state index in [0.29, 0.717) is 11.3 Å². The number of aromatic nitrogens is 2. The van der Waals surface area contributed by atoms with Crippen LogP contribution in [0.1, 0.15) is 16.1 Å². The van der Waals surface area contributed by atoms with Crippen LogP contribution >= 0.6 is 15.9 Å². The molecule has 0 fully saturated rings. The number of rotatable bonds is 2. The Morgan fingerprint density at radius 2 is 2.18 bits per heavy atom. The molecule has 0 aliphatic heterocycles. The van der Waals surface area contributed by atoms with E-state index < -0.39 is 0 Å². The van der Waals surface area contributed by atoms with Crippen molar-refractivity contribution in [3.63, 3.8) is 0 Å². The van der Waals surface area contributed by atoms with Crippen LogP contribution in [0.4, 0.5) is 5.69 Å². The second kappa shape index (κ2) is 5.05. The number of hydrogen-bond donors (Lipinski definition) is 1. The molecule has 2 heterocycles. The predicted molar refractivity (Wildman–Crippen MR) is 68.9 cm³/mol. The van der Waals surface area contributed by atoms with E-state index in [-0.39, 0.29) is 5.91 Å². The summed E-state index contributed by atoms with van der Waals surface area (Å²) in [4.78, 5) is 20.0. The molecule has 2 aromatic rings. The van der Waals surface area contributed by atoms with Gasteiger partial charge in [-0.15, -0.1) is 0 Å². The maximum atomic E-state index is 11.9. The van der Waals surface area contributed by atoms with E-state index in [1.165, 1.54) is 6.20 Å². The van der Waals surface area contributed by atoms with Gasteiger partial charge in [0, 0.05) is 12.4 Å². The van der Waals surface area contributed by atoms with Crippen molar-refractivity contribution in [2.45, 2.75) is 6.92 Å². The monoisotopic (exact) mass is 291 g/mol. The van der Waals surface area contributed by atoms with E-state index in [4.69, 9.17) is 0 Å². The molecule has 1 amide bonds. The third-order valence-electron chi connectivity index (χ3n) is 2.22. The second-order valence-electron chi connectivity index (χ2n) is 3.46. The Balaban J connectivity index is 2.19. The first-order valence-corrected chi connectivity index (χ1v) is 5.80. The number of amides is 1. The van der Waals surface area contributed by atoms with Crippen molar-refractivity contribution in [2.24, 2.45) is 0 Å². The zero-order chi connectivity index (χ0) is 12.3. The summed E-state index contributed by atoms with van der Waals surface area (Å²) in [5.41, 5.74) is 1.98. The molecule has 2 rings (SSSR count). The number of pyridine rings is 2. The molecule has 0 radical (unpaired) electrons. The van der Waals surface area contributed by atoms with Crippen molar-refractivity contribution in [2.75, 3.05) is 5.32 Å². The van der Waals surface area contributed by atoms with Gasteiger partial charge in [-0.05, 0) is 47.1 Å². The third kappa shape index (κ3) is 2.88. The van der Waals surface area contributed by atoms with Crippen molar-refractivity contribution >= 4 is 27.5 Å². The van der Waals surface area contributed by atoms with Crippen molar-refractivity contribution in [1.29, 1.82) is 0 Å². The van der Waals surface area contributed by atoms with Crippen LogP contribution < -0.4 is 5.32 Å². The van der Waals surface area contributed by atoms with Gasteiger partial charge < -0.3 is 5.32 Å². The fourth-order valence-corrected chi connectivity index (χ4v) is 1.75. The minimum absolute atomic E-state index is 0.190. The van der Waals surface area contributed by atoms with Crippen LogP contribution in [0.2, 0.25) is 0 Å². The topological polar surface area (TPSA) is 54.9 Å². The molecular formula is C12H10BrN3O. The number of halogens is 1. The van der Waals surface area contributed by atoms with E-state index >= 15 is 0 Å². The number of carbonyl (C=O) groups is 1. The van der Waals surface area contributed by atoms with Crippen molar-refractivity contribution in [3.8, 4) is 0 Å². The summed E-state index contributed by atoms with van der Waals surface area (Å²) < 4.78 is 0.745. The van der Waals surface area contributed by atoms with Crippen LogP contribution in [0.5, 0.6) is 0 Å². The fourth-order valence-electron chi connectivity index (χ4n) is 1.35. The third-order valence-corrected chi connectivity index (χ3v) is 2.67. The van der Waals surface area contributed by atoms with Crippen molar-refractivity contribution < 1.29 is 4.79 Å². The zero-order valence-electron chi connectivity index (χ0n) is 9.14. The van der Waals surface area contributed by atoms with Gasteiger partial charge in [0.15, 0.2) is 0 Å². The number of nitrogens with zero attached hydrogens (tertiary/aromatic N) is 2. The number of anilines is 1. The first kappa shape index (κ1) is 11.7. The maximum Gasteiger partial charge on any atom is 0.257 e. The number of aryl methyl sites for hydroxylation is 1. The van der Waals surface area contributed by atoms with Gasteiger partial charge in [-0.25, -0.2) is 4.98 Å². The second-order valence-corrected chi connectivity index (χ2v) is 4.28. The van der Waals surface area contributed by atoms with Crippen LogP contribution in [0.15, 0.2) is 41.3 Å². The number of carbonyl (C=O) groups excluding carboxylic acids is 1. The Kier molecular flexibility index (Phi) is 3.49. The average Bonchev–Trinajstić information content (AvgIpc) is 2.34.